The summed E-state index contributed by atoms with van der Waals surface area (Å²) >= 11 is 1.83. The predicted molar refractivity (Wildman–Crippen MR) is 81.2 cm³/mol. The van der Waals surface area contributed by atoms with Crippen molar-refractivity contribution in [1.29, 1.82) is 0 Å². The summed E-state index contributed by atoms with van der Waals surface area (Å²) < 4.78 is 0.211. The van der Waals surface area contributed by atoms with Crippen LogP contribution in [0.3, 0.4) is 0 Å². The van der Waals surface area contributed by atoms with Gasteiger partial charge in [0, 0.05) is 23.0 Å². The van der Waals surface area contributed by atoms with Gasteiger partial charge in [-0.25, -0.2) is 4.98 Å². The largest absolute Gasteiger partial charge is 0.308 e. The number of hydrogen-bond donors (Lipinski definition) is 1. The quantitative estimate of drug-likeness (QED) is 0.831. The second-order valence-electron chi connectivity index (χ2n) is 6.78. The van der Waals surface area contributed by atoms with E-state index in [1.165, 1.54) is 11.1 Å². The van der Waals surface area contributed by atoms with Crippen LogP contribution >= 0.6 is 11.8 Å². The lowest BCUT2D eigenvalue weighted by molar-refractivity contribution is 0.424. The average Bonchev–Trinajstić information content (AvgIpc) is 2.15. The maximum Gasteiger partial charge on any atom is 0.0994 e. The number of rotatable bonds is 3. The molecule has 1 N–H and O–H groups in total. The molecule has 0 amide bonds. The zero-order valence-corrected chi connectivity index (χ0v) is 13.5. The lowest BCUT2D eigenvalue weighted by Crippen LogP contribution is -2.35. The maximum atomic E-state index is 4.59. The Kier molecular flexibility index (Phi) is 4.84. The van der Waals surface area contributed by atoms with Crippen molar-refractivity contribution < 1.29 is 0 Å². The molecule has 1 rings (SSSR count). The maximum absolute atomic E-state index is 4.59. The van der Waals surface area contributed by atoms with E-state index in [-0.39, 0.29) is 10.3 Å². The number of nitrogens with one attached hydrogen (secondary N) is 1. The Balaban J connectivity index is 2.74. The Morgan fingerprint density at radius 2 is 1.78 bits per heavy atom. The molecule has 102 valence electrons. The Hall–Kier alpha value is -0.540. The molecular weight excluding hydrogens is 240 g/mol. The lowest BCUT2D eigenvalue weighted by atomic mass is 10.1. The van der Waals surface area contributed by atoms with E-state index in [9.17, 15) is 0 Å². The first-order valence-electron chi connectivity index (χ1n) is 6.46. The van der Waals surface area contributed by atoms with Gasteiger partial charge in [-0.05, 0) is 38.8 Å². The Labute approximate surface area is 116 Å². The van der Waals surface area contributed by atoms with Gasteiger partial charge < -0.3 is 5.32 Å². The van der Waals surface area contributed by atoms with Gasteiger partial charge in [-0.2, -0.15) is 0 Å². The van der Waals surface area contributed by atoms with Crippen molar-refractivity contribution in [2.75, 3.05) is 0 Å². The van der Waals surface area contributed by atoms with Crippen LogP contribution in [0.15, 0.2) is 17.3 Å². The highest BCUT2D eigenvalue weighted by Crippen LogP contribution is 2.32. The van der Waals surface area contributed by atoms with E-state index in [0.717, 1.165) is 11.6 Å². The second kappa shape index (κ2) is 5.62. The van der Waals surface area contributed by atoms with Gasteiger partial charge in [-0.3, -0.25) is 0 Å². The number of hydrogen-bond acceptors (Lipinski definition) is 3. The molecular formula is C15H26N2S. The summed E-state index contributed by atoms with van der Waals surface area (Å²) in [5.74, 6) is 0. The minimum atomic E-state index is 0.146. The zero-order chi connectivity index (χ0) is 14.0. The van der Waals surface area contributed by atoms with Crippen LogP contribution in [0.2, 0.25) is 0 Å². The third-order valence-electron chi connectivity index (χ3n) is 2.31. The van der Waals surface area contributed by atoms with E-state index in [1.54, 1.807) is 0 Å². The third-order valence-corrected chi connectivity index (χ3v) is 3.55. The molecule has 0 bridgehead atoms. The molecule has 0 unspecified atom stereocenters. The summed E-state index contributed by atoms with van der Waals surface area (Å²) in [6.07, 6.45) is 1.99. The van der Waals surface area contributed by atoms with Gasteiger partial charge in [0.1, 0.15) is 0 Å². The van der Waals surface area contributed by atoms with Crippen molar-refractivity contribution in [1.82, 2.24) is 10.3 Å². The van der Waals surface area contributed by atoms with Gasteiger partial charge in [0.25, 0.3) is 0 Å². The normalized spacial score (nSPS) is 12.8. The lowest BCUT2D eigenvalue weighted by Gasteiger charge is -2.21. The van der Waals surface area contributed by atoms with E-state index >= 15 is 0 Å². The first-order valence-corrected chi connectivity index (χ1v) is 7.28. The zero-order valence-electron chi connectivity index (χ0n) is 12.7. The van der Waals surface area contributed by atoms with Crippen molar-refractivity contribution in [2.45, 2.75) is 70.3 Å². The molecule has 0 aliphatic rings. The number of aryl methyl sites for hydroxylation is 1. The molecule has 0 aliphatic heterocycles. The summed E-state index contributed by atoms with van der Waals surface area (Å²) in [7, 11) is 0. The van der Waals surface area contributed by atoms with Gasteiger partial charge >= 0.3 is 0 Å². The topological polar surface area (TPSA) is 24.9 Å². The summed E-state index contributed by atoms with van der Waals surface area (Å²) in [5, 5.41) is 4.63. The molecule has 18 heavy (non-hydrogen) atoms. The van der Waals surface area contributed by atoms with Gasteiger partial charge in [-0.15, -0.1) is 11.8 Å². The first-order chi connectivity index (χ1) is 8.07. The first kappa shape index (κ1) is 15.5. The molecule has 0 aliphatic carbocycles. The molecule has 1 heterocycles. The highest BCUT2D eigenvalue weighted by molar-refractivity contribution is 8.00. The third kappa shape index (κ3) is 5.87. The molecule has 0 atom stereocenters. The number of thioether (sulfide) groups is 1. The fraction of sp³-hybridized carbons (Fsp3) is 0.667. The average molecular weight is 266 g/mol. The monoisotopic (exact) mass is 266 g/mol. The van der Waals surface area contributed by atoms with Crippen LogP contribution in [0.25, 0.3) is 0 Å². The molecule has 0 saturated heterocycles. The standard InChI is InChI=1S/C15H26N2S/c1-11-8-12(10-17-14(2,3)4)9-16-13(11)18-15(5,6)7/h8-9,17H,10H2,1-7H3. The number of nitrogens with zero attached hydrogens (tertiary/aromatic N) is 1. The van der Waals surface area contributed by atoms with Crippen molar-refractivity contribution >= 4 is 11.8 Å². The van der Waals surface area contributed by atoms with Gasteiger partial charge in [0.05, 0.1) is 5.03 Å². The Bertz CT molecular complexity index is 400. The molecule has 0 aromatic carbocycles. The Morgan fingerprint density at radius 1 is 1.17 bits per heavy atom. The number of pyridine rings is 1. The molecule has 0 radical (unpaired) electrons. The van der Waals surface area contributed by atoms with E-state index in [2.05, 4.69) is 64.8 Å². The highest BCUT2D eigenvalue weighted by Gasteiger charge is 2.15. The SMILES string of the molecule is Cc1cc(CNC(C)(C)C)cnc1SC(C)(C)C. The van der Waals surface area contributed by atoms with Gasteiger partial charge in [-0.1, -0.05) is 26.8 Å². The molecule has 1 aromatic heterocycles. The molecule has 0 spiro atoms. The summed E-state index contributed by atoms with van der Waals surface area (Å²) in [6, 6.07) is 2.24. The van der Waals surface area contributed by atoms with Gasteiger partial charge in [0.15, 0.2) is 0 Å². The van der Waals surface area contributed by atoms with Crippen molar-refractivity contribution in [3.8, 4) is 0 Å². The predicted octanol–water partition coefficient (Wildman–Crippen LogP) is 4.17. The minimum absolute atomic E-state index is 0.146. The van der Waals surface area contributed by atoms with Gasteiger partial charge in [0.2, 0.25) is 0 Å². The fourth-order valence-corrected chi connectivity index (χ4v) is 2.39. The van der Waals surface area contributed by atoms with E-state index in [1.807, 2.05) is 18.0 Å². The van der Waals surface area contributed by atoms with Crippen LogP contribution in [0.5, 0.6) is 0 Å². The molecule has 2 nitrogen and oxygen atoms in total. The fourth-order valence-electron chi connectivity index (χ4n) is 1.48. The molecule has 0 saturated carbocycles. The van der Waals surface area contributed by atoms with Crippen LogP contribution in [-0.2, 0) is 6.54 Å². The van der Waals surface area contributed by atoms with Crippen LogP contribution in [0, 0.1) is 6.92 Å². The van der Waals surface area contributed by atoms with E-state index in [0.29, 0.717) is 0 Å². The summed E-state index contributed by atoms with van der Waals surface area (Å²) in [4.78, 5) is 4.59. The smallest absolute Gasteiger partial charge is 0.0994 e. The van der Waals surface area contributed by atoms with E-state index < -0.39 is 0 Å². The minimum Gasteiger partial charge on any atom is -0.308 e. The van der Waals surface area contributed by atoms with Crippen molar-refractivity contribution in [3.05, 3.63) is 23.4 Å². The van der Waals surface area contributed by atoms with Crippen molar-refractivity contribution in [2.24, 2.45) is 0 Å². The van der Waals surface area contributed by atoms with Crippen molar-refractivity contribution in [3.63, 3.8) is 0 Å². The van der Waals surface area contributed by atoms with Crippen LogP contribution in [0.4, 0.5) is 0 Å². The van der Waals surface area contributed by atoms with Crippen LogP contribution in [-0.4, -0.2) is 15.3 Å². The molecule has 3 heteroatoms. The van der Waals surface area contributed by atoms with E-state index in [4.69, 9.17) is 0 Å². The highest BCUT2D eigenvalue weighted by atomic mass is 32.2. The molecule has 0 fully saturated rings. The van der Waals surface area contributed by atoms with Crippen LogP contribution in [0.1, 0.15) is 52.7 Å². The summed E-state index contributed by atoms with van der Waals surface area (Å²) in [6.45, 7) is 16.2. The number of aromatic nitrogens is 1. The molecule has 1 aromatic rings. The second-order valence-corrected chi connectivity index (χ2v) is 8.60. The summed E-state index contributed by atoms with van der Waals surface area (Å²) in [5.41, 5.74) is 2.66. The van der Waals surface area contributed by atoms with Crippen LogP contribution < -0.4 is 5.32 Å². The Morgan fingerprint density at radius 3 is 2.22 bits per heavy atom.